The van der Waals surface area contributed by atoms with Crippen molar-refractivity contribution in [1.82, 2.24) is 9.97 Å². The van der Waals surface area contributed by atoms with Crippen LogP contribution in [-0.2, 0) is 0 Å². The molecule has 0 spiro atoms. The summed E-state index contributed by atoms with van der Waals surface area (Å²) >= 11 is 0. The van der Waals surface area contributed by atoms with Gasteiger partial charge in [-0.1, -0.05) is 0 Å². The van der Waals surface area contributed by atoms with E-state index < -0.39 is 0 Å². The molecule has 4 bridgehead atoms. The highest BCUT2D eigenvalue weighted by Crippen LogP contribution is 2.62. The molecule has 4 saturated carbocycles. The van der Waals surface area contributed by atoms with Gasteiger partial charge in [0.2, 0.25) is 0 Å². The molecule has 0 saturated heterocycles. The molecular formula is C16H22N2O. The molecule has 1 atom stereocenters. The number of aliphatic hydroxyl groups excluding tert-OH is 1. The Hall–Kier alpha value is -0.960. The van der Waals surface area contributed by atoms with Crippen molar-refractivity contribution < 1.29 is 5.11 Å². The van der Waals surface area contributed by atoms with Gasteiger partial charge in [-0.25, -0.2) is 9.97 Å². The van der Waals surface area contributed by atoms with Crippen LogP contribution in [0.3, 0.4) is 0 Å². The van der Waals surface area contributed by atoms with Gasteiger partial charge in [0.15, 0.2) is 0 Å². The van der Waals surface area contributed by atoms with Gasteiger partial charge in [-0.15, -0.1) is 0 Å². The summed E-state index contributed by atoms with van der Waals surface area (Å²) < 4.78 is 0. The van der Waals surface area contributed by atoms with Crippen molar-refractivity contribution in [3.8, 4) is 0 Å². The molecule has 3 nitrogen and oxygen atoms in total. The standard InChI is InChI=1S/C16H22N2O/c19-15(14-8-17-10-18-9-14)7-16-4-11-1-12(5-16)3-13(2-11)6-16/h8-13,15,19H,1-7H2. The van der Waals surface area contributed by atoms with E-state index in [2.05, 4.69) is 9.97 Å². The van der Waals surface area contributed by atoms with E-state index in [-0.39, 0.29) is 6.10 Å². The van der Waals surface area contributed by atoms with Gasteiger partial charge >= 0.3 is 0 Å². The summed E-state index contributed by atoms with van der Waals surface area (Å²) in [6.45, 7) is 0. The highest BCUT2D eigenvalue weighted by atomic mass is 16.3. The minimum Gasteiger partial charge on any atom is -0.388 e. The summed E-state index contributed by atoms with van der Waals surface area (Å²) in [6, 6.07) is 0. The molecule has 4 aliphatic carbocycles. The summed E-state index contributed by atoms with van der Waals surface area (Å²) in [5, 5.41) is 10.5. The van der Waals surface area contributed by atoms with Gasteiger partial charge in [0.1, 0.15) is 6.33 Å². The first kappa shape index (κ1) is 11.8. The lowest BCUT2D eigenvalue weighted by Gasteiger charge is -2.57. The number of nitrogens with zero attached hydrogens (tertiary/aromatic N) is 2. The first-order valence-corrected chi connectivity index (χ1v) is 7.65. The molecule has 102 valence electrons. The van der Waals surface area contributed by atoms with E-state index in [4.69, 9.17) is 0 Å². The van der Waals surface area contributed by atoms with Gasteiger partial charge in [-0.3, -0.25) is 0 Å². The lowest BCUT2D eigenvalue weighted by molar-refractivity contribution is -0.0764. The minimum absolute atomic E-state index is 0.377. The van der Waals surface area contributed by atoms with Crippen molar-refractivity contribution in [3.05, 3.63) is 24.3 Å². The molecule has 0 aromatic carbocycles. The summed E-state index contributed by atoms with van der Waals surface area (Å²) in [5.74, 6) is 2.85. The first-order valence-electron chi connectivity index (χ1n) is 7.65. The average molecular weight is 258 g/mol. The Morgan fingerprint density at radius 3 is 2.11 bits per heavy atom. The van der Waals surface area contributed by atoms with Gasteiger partial charge in [-0.05, 0) is 68.1 Å². The van der Waals surface area contributed by atoms with Crippen LogP contribution in [0, 0.1) is 23.2 Å². The quantitative estimate of drug-likeness (QED) is 0.906. The Labute approximate surface area is 114 Å². The maximum Gasteiger partial charge on any atom is 0.115 e. The van der Waals surface area contributed by atoms with Crippen LogP contribution < -0.4 is 0 Å². The summed E-state index contributed by atoms with van der Waals surface area (Å²) in [5.41, 5.74) is 1.31. The van der Waals surface area contributed by atoms with Gasteiger partial charge < -0.3 is 5.11 Å². The molecule has 1 heterocycles. The van der Waals surface area contributed by atoms with E-state index in [1.807, 2.05) is 0 Å². The normalized spacial score (nSPS) is 41.4. The molecule has 3 heteroatoms. The zero-order valence-electron chi connectivity index (χ0n) is 11.3. The van der Waals surface area contributed by atoms with Crippen molar-refractivity contribution in [2.45, 2.75) is 51.0 Å². The molecule has 4 fully saturated rings. The molecule has 19 heavy (non-hydrogen) atoms. The van der Waals surface area contributed by atoms with Crippen molar-refractivity contribution in [3.63, 3.8) is 0 Å². The number of hydrogen-bond donors (Lipinski definition) is 1. The Kier molecular flexibility index (Phi) is 2.66. The van der Waals surface area contributed by atoms with Crippen LogP contribution in [0.4, 0.5) is 0 Å². The SMILES string of the molecule is OC(CC12CC3CC(CC(C3)C1)C2)c1cncnc1. The number of hydrogen-bond acceptors (Lipinski definition) is 3. The topological polar surface area (TPSA) is 46.0 Å². The second-order valence-electron chi connectivity index (χ2n) is 7.31. The van der Waals surface area contributed by atoms with E-state index in [1.54, 1.807) is 12.4 Å². The Balaban J connectivity index is 1.53. The largest absolute Gasteiger partial charge is 0.388 e. The summed E-state index contributed by atoms with van der Waals surface area (Å²) in [4.78, 5) is 8.06. The third-order valence-electron chi connectivity index (χ3n) is 5.76. The average Bonchev–Trinajstić information content (AvgIpc) is 2.37. The van der Waals surface area contributed by atoms with E-state index >= 15 is 0 Å². The molecule has 0 amide bonds. The van der Waals surface area contributed by atoms with Crippen LogP contribution in [0.1, 0.15) is 56.6 Å². The first-order chi connectivity index (χ1) is 9.22. The third kappa shape index (κ3) is 2.08. The van der Waals surface area contributed by atoms with Crippen LogP contribution in [0.2, 0.25) is 0 Å². The zero-order valence-corrected chi connectivity index (χ0v) is 11.3. The van der Waals surface area contributed by atoms with E-state index in [0.717, 1.165) is 29.7 Å². The lowest BCUT2D eigenvalue weighted by atomic mass is 9.48. The smallest absolute Gasteiger partial charge is 0.115 e. The minimum atomic E-state index is -0.377. The monoisotopic (exact) mass is 258 g/mol. The van der Waals surface area contributed by atoms with Crippen LogP contribution in [0.15, 0.2) is 18.7 Å². The number of aromatic nitrogens is 2. The molecule has 1 N–H and O–H groups in total. The second kappa shape index (κ2) is 4.27. The van der Waals surface area contributed by atoms with Gasteiger partial charge in [0.25, 0.3) is 0 Å². The van der Waals surface area contributed by atoms with Gasteiger partial charge in [0, 0.05) is 18.0 Å². The predicted octanol–water partition coefficient (Wildman–Crippen LogP) is 3.12. The Morgan fingerprint density at radius 1 is 1.05 bits per heavy atom. The molecule has 0 aliphatic heterocycles. The van der Waals surface area contributed by atoms with E-state index in [1.165, 1.54) is 44.9 Å². The molecule has 1 aromatic rings. The predicted molar refractivity (Wildman–Crippen MR) is 72.2 cm³/mol. The second-order valence-corrected chi connectivity index (χ2v) is 7.31. The molecule has 0 radical (unpaired) electrons. The molecular weight excluding hydrogens is 236 g/mol. The van der Waals surface area contributed by atoms with E-state index in [0.29, 0.717) is 5.41 Å². The van der Waals surface area contributed by atoms with Crippen LogP contribution in [-0.4, -0.2) is 15.1 Å². The highest BCUT2D eigenvalue weighted by Gasteiger charge is 2.51. The van der Waals surface area contributed by atoms with E-state index in [9.17, 15) is 5.11 Å². The fourth-order valence-electron chi connectivity index (χ4n) is 5.55. The molecule has 1 unspecified atom stereocenters. The lowest BCUT2D eigenvalue weighted by Crippen LogP contribution is -2.46. The zero-order chi connectivity index (χ0) is 12.9. The van der Waals surface area contributed by atoms with Gasteiger partial charge in [0.05, 0.1) is 6.10 Å². The number of rotatable bonds is 3. The van der Waals surface area contributed by atoms with Crippen LogP contribution in [0.25, 0.3) is 0 Å². The summed E-state index contributed by atoms with van der Waals surface area (Å²) in [7, 11) is 0. The molecule has 5 rings (SSSR count). The highest BCUT2D eigenvalue weighted by molar-refractivity contribution is 5.10. The van der Waals surface area contributed by atoms with Crippen molar-refractivity contribution >= 4 is 0 Å². The fourth-order valence-corrected chi connectivity index (χ4v) is 5.55. The molecule has 1 aromatic heterocycles. The maximum absolute atomic E-state index is 10.5. The molecule has 4 aliphatic rings. The van der Waals surface area contributed by atoms with Crippen LogP contribution >= 0.6 is 0 Å². The Bertz CT molecular complexity index is 424. The number of aliphatic hydroxyl groups is 1. The fraction of sp³-hybridized carbons (Fsp3) is 0.750. The third-order valence-corrected chi connectivity index (χ3v) is 5.76. The maximum atomic E-state index is 10.5. The van der Waals surface area contributed by atoms with Gasteiger partial charge in [-0.2, -0.15) is 0 Å². The summed E-state index contributed by atoms with van der Waals surface area (Å²) in [6.07, 6.45) is 14.0. The van der Waals surface area contributed by atoms with Crippen molar-refractivity contribution in [2.24, 2.45) is 23.2 Å². The Morgan fingerprint density at radius 2 is 1.58 bits per heavy atom. The van der Waals surface area contributed by atoms with Crippen molar-refractivity contribution in [2.75, 3.05) is 0 Å². The van der Waals surface area contributed by atoms with Crippen LogP contribution in [0.5, 0.6) is 0 Å². The van der Waals surface area contributed by atoms with Crippen molar-refractivity contribution in [1.29, 1.82) is 0 Å².